The van der Waals surface area contributed by atoms with Crippen molar-refractivity contribution in [3.8, 4) is 0 Å². The maximum Gasteiger partial charge on any atom is 0.221 e. The maximum absolute atomic E-state index is 11.9. The van der Waals surface area contributed by atoms with Crippen molar-refractivity contribution < 1.29 is 4.79 Å². The molecule has 0 aliphatic rings. The Bertz CT molecular complexity index is 775. The van der Waals surface area contributed by atoms with Crippen molar-refractivity contribution >= 4 is 16.8 Å². The number of aryl methyl sites for hydroxylation is 3. The van der Waals surface area contributed by atoms with Crippen LogP contribution in [0.4, 0.5) is 0 Å². The van der Waals surface area contributed by atoms with Gasteiger partial charge in [0.2, 0.25) is 5.91 Å². The number of imidazole rings is 1. The molecule has 6 nitrogen and oxygen atoms in total. The highest BCUT2D eigenvalue weighted by atomic mass is 16.1. The molecule has 2 aromatic heterocycles. The molecule has 0 spiro atoms. The molecule has 2 heterocycles. The minimum Gasteiger partial charge on any atom is -0.356 e. The Hall–Kier alpha value is -2.63. The molecule has 0 aliphatic heterocycles. The van der Waals surface area contributed by atoms with Gasteiger partial charge in [0, 0.05) is 37.3 Å². The van der Waals surface area contributed by atoms with Crippen LogP contribution in [0.25, 0.3) is 10.9 Å². The lowest BCUT2D eigenvalue weighted by Gasteiger charge is -2.07. The molecule has 0 saturated heterocycles. The fourth-order valence-corrected chi connectivity index (χ4v) is 2.59. The molecule has 1 aromatic carbocycles. The molecule has 6 heteroatoms. The number of fused-ring (bicyclic) bond motifs is 1. The van der Waals surface area contributed by atoms with Crippen molar-refractivity contribution in [3.05, 3.63) is 48.7 Å². The van der Waals surface area contributed by atoms with Crippen LogP contribution in [-0.4, -0.2) is 31.8 Å². The van der Waals surface area contributed by atoms with Crippen LogP contribution in [0, 0.1) is 6.92 Å². The van der Waals surface area contributed by atoms with Gasteiger partial charge in [0.15, 0.2) is 0 Å². The largest absolute Gasteiger partial charge is 0.356 e. The molecule has 0 radical (unpaired) electrons. The van der Waals surface area contributed by atoms with Crippen molar-refractivity contribution in [1.82, 2.24) is 24.6 Å². The summed E-state index contributed by atoms with van der Waals surface area (Å²) in [6.45, 7) is 4.20. The number of nitrogens with zero attached hydrogens (tertiary/aromatic N) is 4. The minimum atomic E-state index is 0.0615. The quantitative estimate of drug-likeness (QED) is 0.680. The fourth-order valence-electron chi connectivity index (χ4n) is 2.59. The average molecular weight is 311 g/mol. The topological polar surface area (TPSA) is 64.7 Å². The third-order valence-electron chi connectivity index (χ3n) is 3.82. The third-order valence-corrected chi connectivity index (χ3v) is 3.82. The van der Waals surface area contributed by atoms with Gasteiger partial charge in [-0.1, -0.05) is 11.6 Å². The summed E-state index contributed by atoms with van der Waals surface area (Å²) in [5.41, 5.74) is 2.29. The standard InChI is InChI=1S/C17H21N5O/c1-14-3-4-16-15(11-14)12-20-22(16)9-5-17(23)19-6-2-8-21-10-7-18-13-21/h3-4,7,10-13H,2,5-6,8-9H2,1H3,(H,19,23). The molecular weight excluding hydrogens is 290 g/mol. The van der Waals surface area contributed by atoms with Crippen molar-refractivity contribution in [2.45, 2.75) is 32.9 Å². The molecule has 120 valence electrons. The molecule has 3 aromatic rings. The Morgan fingerprint density at radius 1 is 1.30 bits per heavy atom. The molecular formula is C17H21N5O. The van der Waals surface area contributed by atoms with E-state index >= 15 is 0 Å². The summed E-state index contributed by atoms with van der Waals surface area (Å²) in [5.74, 6) is 0.0615. The average Bonchev–Trinajstić information content (AvgIpc) is 3.19. The van der Waals surface area contributed by atoms with Gasteiger partial charge in [0.1, 0.15) is 0 Å². The number of aromatic nitrogens is 4. The van der Waals surface area contributed by atoms with Crippen LogP contribution < -0.4 is 5.32 Å². The van der Waals surface area contributed by atoms with E-state index in [1.807, 2.05) is 21.6 Å². The van der Waals surface area contributed by atoms with Crippen molar-refractivity contribution in [1.29, 1.82) is 0 Å². The summed E-state index contributed by atoms with van der Waals surface area (Å²) in [7, 11) is 0. The number of benzene rings is 1. The molecule has 0 fully saturated rings. The van der Waals surface area contributed by atoms with Crippen LogP contribution >= 0.6 is 0 Å². The molecule has 0 aliphatic carbocycles. The van der Waals surface area contributed by atoms with E-state index in [-0.39, 0.29) is 5.91 Å². The van der Waals surface area contributed by atoms with Crippen LogP contribution in [0.2, 0.25) is 0 Å². The Morgan fingerprint density at radius 2 is 2.22 bits per heavy atom. The molecule has 0 atom stereocenters. The van der Waals surface area contributed by atoms with Gasteiger partial charge in [0.05, 0.1) is 24.6 Å². The zero-order chi connectivity index (χ0) is 16.1. The minimum absolute atomic E-state index is 0.0615. The van der Waals surface area contributed by atoms with Crippen LogP contribution in [0.1, 0.15) is 18.4 Å². The number of rotatable bonds is 7. The number of carbonyl (C=O) groups is 1. The van der Waals surface area contributed by atoms with E-state index in [1.54, 1.807) is 12.5 Å². The normalized spacial score (nSPS) is 11.0. The molecule has 0 bridgehead atoms. The summed E-state index contributed by atoms with van der Waals surface area (Å²) in [6.07, 6.45) is 8.65. The number of nitrogens with one attached hydrogen (secondary N) is 1. The van der Waals surface area contributed by atoms with Gasteiger partial charge < -0.3 is 9.88 Å². The van der Waals surface area contributed by atoms with Crippen LogP contribution in [0.5, 0.6) is 0 Å². The molecule has 1 amide bonds. The zero-order valence-electron chi connectivity index (χ0n) is 13.3. The lowest BCUT2D eigenvalue weighted by atomic mass is 10.2. The first kappa shape index (κ1) is 15.3. The van der Waals surface area contributed by atoms with E-state index < -0.39 is 0 Å². The lowest BCUT2D eigenvalue weighted by Crippen LogP contribution is -2.26. The van der Waals surface area contributed by atoms with Crippen LogP contribution in [0.3, 0.4) is 0 Å². The molecule has 0 unspecified atom stereocenters. The number of carbonyl (C=O) groups excluding carboxylic acids is 1. The van der Waals surface area contributed by atoms with Crippen molar-refractivity contribution in [2.75, 3.05) is 6.54 Å². The SMILES string of the molecule is Cc1ccc2c(cnn2CCC(=O)NCCCn2ccnc2)c1. The van der Waals surface area contributed by atoms with E-state index in [0.29, 0.717) is 19.5 Å². The molecule has 23 heavy (non-hydrogen) atoms. The van der Waals surface area contributed by atoms with E-state index in [1.165, 1.54) is 5.56 Å². The van der Waals surface area contributed by atoms with Gasteiger partial charge in [-0.15, -0.1) is 0 Å². The predicted molar refractivity (Wildman–Crippen MR) is 88.9 cm³/mol. The molecule has 1 N–H and O–H groups in total. The summed E-state index contributed by atoms with van der Waals surface area (Å²) < 4.78 is 3.89. The summed E-state index contributed by atoms with van der Waals surface area (Å²) in [4.78, 5) is 15.9. The Labute approximate surface area is 135 Å². The van der Waals surface area contributed by atoms with Crippen LogP contribution in [0.15, 0.2) is 43.1 Å². The van der Waals surface area contributed by atoms with E-state index in [0.717, 1.165) is 23.9 Å². The Balaban J connectivity index is 1.43. The third kappa shape index (κ3) is 3.97. The van der Waals surface area contributed by atoms with E-state index in [2.05, 4.69) is 40.5 Å². The van der Waals surface area contributed by atoms with Gasteiger partial charge in [-0.2, -0.15) is 5.10 Å². The second-order valence-corrected chi connectivity index (χ2v) is 5.68. The smallest absolute Gasteiger partial charge is 0.221 e. The van der Waals surface area contributed by atoms with Crippen molar-refractivity contribution in [3.63, 3.8) is 0 Å². The second-order valence-electron chi connectivity index (χ2n) is 5.68. The summed E-state index contributed by atoms with van der Waals surface area (Å²) in [5, 5.41) is 8.43. The summed E-state index contributed by atoms with van der Waals surface area (Å²) in [6, 6.07) is 6.23. The first-order valence-corrected chi connectivity index (χ1v) is 7.87. The van der Waals surface area contributed by atoms with Gasteiger partial charge in [0.25, 0.3) is 0 Å². The number of amides is 1. The monoisotopic (exact) mass is 311 g/mol. The first-order chi connectivity index (χ1) is 11.2. The van der Waals surface area contributed by atoms with Crippen LogP contribution in [-0.2, 0) is 17.9 Å². The van der Waals surface area contributed by atoms with Gasteiger partial charge in [-0.05, 0) is 25.5 Å². The van der Waals surface area contributed by atoms with E-state index in [9.17, 15) is 4.79 Å². The number of hydrogen-bond acceptors (Lipinski definition) is 3. The van der Waals surface area contributed by atoms with Gasteiger partial charge in [-0.3, -0.25) is 9.48 Å². The zero-order valence-corrected chi connectivity index (χ0v) is 13.3. The van der Waals surface area contributed by atoms with E-state index in [4.69, 9.17) is 0 Å². The molecule has 0 saturated carbocycles. The highest BCUT2D eigenvalue weighted by Gasteiger charge is 2.06. The van der Waals surface area contributed by atoms with Gasteiger partial charge in [-0.25, -0.2) is 4.98 Å². The maximum atomic E-state index is 11.9. The lowest BCUT2D eigenvalue weighted by molar-refractivity contribution is -0.121. The fraction of sp³-hybridized carbons (Fsp3) is 0.353. The Morgan fingerprint density at radius 3 is 3.04 bits per heavy atom. The van der Waals surface area contributed by atoms with Crippen molar-refractivity contribution in [2.24, 2.45) is 0 Å². The predicted octanol–water partition coefficient (Wildman–Crippen LogP) is 2.14. The first-order valence-electron chi connectivity index (χ1n) is 7.87. The number of hydrogen-bond donors (Lipinski definition) is 1. The highest BCUT2D eigenvalue weighted by Crippen LogP contribution is 2.15. The second kappa shape index (κ2) is 7.09. The van der Waals surface area contributed by atoms with Gasteiger partial charge >= 0.3 is 0 Å². The summed E-state index contributed by atoms with van der Waals surface area (Å²) >= 11 is 0. The highest BCUT2D eigenvalue weighted by molar-refractivity contribution is 5.80. The molecule has 3 rings (SSSR count). The Kier molecular flexibility index (Phi) is 4.71.